The molecule has 0 fully saturated rings. The quantitative estimate of drug-likeness (QED) is 0.374. The molecule has 0 aliphatic heterocycles. The minimum atomic E-state index is -4.39. The van der Waals surface area contributed by atoms with Crippen molar-refractivity contribution in [3.8, 4) is 5.75 Å². The summed E-state index contributed by atoms with van der Waals surface area (Å²) >= 11 is 0. The van der Waals surface area contributed by atoms with Gasteiger partial charge in [0.15, 0.2) is 0 Å². The Kier molecular flexibility index (Phi) is 8.95. The van der Waals surface area contributed by atoms with Gasteiger partial charge in [-0.3, -0.25) is 10.1 Å². The first-order valence-electron chi connectivity index (χ1n) is 11.9. The number of rotatable bonds is 10. The molecule has 3 rings (SSSR count). The van der Waals surface area contributed by atoms with Gasteiger partial charge in [-0.15, -0.1) is 0 Å². The average Bonchev–Trinajstić information content (AvgIpc) is 2.83. The number of likely N-dealkylation sites (N-methyl/N-ethyl adjacent to an activating group) is 1. The zero-order valence-corrected chi connectivity index (χ0v) is 20.6. The third-order valence-electron chi connectivity index (χ3n) is 5.98. The molecule has 0 heterocycles. The van der Waals surface area contributed by atoms with Crippen LogP contribution in [0.15, 0.2) is 72.8 Å². The van der Waals surface area contributed by atoms with E-state index < -0.39 is 23.6 Å². The van der Waals surface area contributed by atoms with E-state index in [0.29, 0.717) is 25.0 Å². The summed E-state index contributed by atoms with van der Waals surface area (Å²) in [5.41, 5.74) is 0.827. The SMILES string of the molecule is CNC(=O)[C@H](NC(CCc1ccc(C(F)(F)F)cc1)c1cccc(OC(C)(C)F)c1)C1C=CC=CC1. The van der Waals surface area contributed by atoms with E-state index in [2.05, 4.69) is 10.6 Å². The Morgan fingerprint density at radius 2 is 1.81 bits per heavy atom. The van der Waals surface area contributed by atoms with Gasteiger partial charge in [0.05, 0.1) is 11.6 Å². The number of carbonyl (C=O) groups excluding carboxylic acids is 1. The normalized spacial score (nSPS) is 17.5. The van der Waals surface area contributed by atoms with Gasteiger partial charge in [0.25, 0.3) is 0 Å². The second kappa shape index (κ2) is 11.7. The molecule has 8 heteroatoms. The van der Waals surface area contributed by atoms with Crippen LogP contribution in [-0.4, -0.2) is 24.9 Å². The number of halogens is 4. The molecule has 1 aliphatic rings. The van der Waals surface area contributed by atoms with Crippen molar-refractivity contribution in [2.75, 3.05) is 7.05 Å². The molecule has 0 saturated heterocycles. The van der Waals surface area contributed by atoms with Gasteiger partial charge < -0.3 is 10.1 Å². The van der Waals surface area contributed by atoms with Crippen molar-refractivity contribution in [1.82, 2.24) is 10.6 Å². The molecular weight excluding hydrogens is 472 g/mol. The second-order valence-corrected chi connectivity index (χ2v) is 9.30. The van der Waals surface area contributed by atoms with Crippen LogP contribution in [0.2, 0.25) is 0 Å². The van der Waals surface area contributed by atoms with Crippen molar-refractivity contribution in [2.24, 2.45) is 5.92 Å². The highest BCUT2D eigenvalue weighted by molar-refractivity contribution is 5.82. The Bertz CT molecular complexity index is 1070. The number of alkyl halides is 4. The van der Waals surface area contributed by atoms with Gasteiger partial charge in [0, 0.05) is 32.9 Å². The Labute approximate surface area is 209 Å². The van der Waals surface area contributed by atoms with Gasteiger partial charge in [-0.25, -0.2) is 0 Å². The molecule has 1 amide bonds. The molecule has 36 heavy (non-hydrogen) atoms. The maximum Gasteiger partial charge on any atom is 0.416 e. The highest BCUT2D eigenvalue weighted by Gasteiger charge is 2.31. The molecule has 2 aromatic carbocycles. The molecule has 0 aromatic heterocycles. The first-order chi connectivity index (χ1) is 17.0. The number of hydrogen-bond donors (Lipinski definition) is 2. The molecule has 0 bridgehead atoms. The molecule has 0 radical (unpaired) electrons. The Balaban J connectivity index is 1.87. The van der Waals surface area contributed by atoms with Gasteiger partial charge in [-0.05, 0) is 54.7 Å². The van der Waals surface area contributed by atoms with Crippen LogP contribution in [0.5, 0.6) is 5.75 Å². The third-order valence-corrected chi connectivity index (χ3v) is 5.98. The van der Waals surface area contributed by atoms with Crippen molar-refractivity contribution in [1.29, 1.82) is 0 Å². The number of carbonyl (C=O) groups is 1. The molecule has 1 aliphatic carbocycles. The minimum Gasteiger partial charge on any atom is -0.459 e. The lowest BCUT2D eigenvalue weighted by atomic mass is 9.89. The summed E-state index contributed by atoms with van der Waals surface area (Å²) in [5.74, 6) is -1.77. The number of amides is 1. The number of aryl methyl sites for hydroxylation is 1. The van der Waals surface area contributed by atoms with Crippen molar-refractivity contribution < 1.29 is 27.1 Å². The van der Waals surface area contributed by atoms with Crippen molar-refractivity contribution >= 4 is 5.91 Å². The predicted octanol–water partition coefficient (Wildman–Crippen LogP) is 6.30. The molecule has 3 atom stereocenters. The fraction of sp³-hybridized carbons (Fsp3) is 0.393. The number of allylic oxidation sites excluding steroid dienone is 3. The molecule has 2 aromatic rings. The predicted molar refractivity (Wildman–Crippen MR) is 132 cm³/mol. The van der Waals surface area contributed by atoms with Crippen LogP contribution in [0.25, 0.3) is 0 Å². The molecule has 0 saturated carbocycles. The van der Waals surface area contributed by atoms with E-state index in [-0.39, 0.29) is 17.9 Å². The minimum absolute atomic E-state index is 0.0762. The fourth-order valence-corrected chi connectivity index (χ4v) is 4.21. The summed E-state index contributed by atoms with van der Waals surface area (Å²) in [7, 11) is 1.58. The average molecular weight is 505 g/mol. The van der Waals surface area contributed by atoms with Crippen molar-refractivity contribution in [2.45, 2.75) is 57.2 Å². The maximum atomic E-state index is 14.1. The summed E-state index contributed by atoms with van der Waals surface area (Å²) in [4.78, 5) is 12.8. The first-order valence-corrected chi connectivity index (χ1v) is 11.9. The molecule has 0 spiro atoms. The van der Waals surface area contributed by atoms with Crippen molar-refractivity contribution in [3.63, 3.8) is 0 Å². The molecule has 4 nitrogen and oxygen atoms in total. The number of nitrogens with one attached hydrogen (secondary N) is 2. The lowest BCUT2D eigenvalue weighted by Crippen LogP contribution is -2.48. The molecular formula is C28H32F4N2O2. The lowest BCUT2D eigenvalue weighted by molar-refractivity contribution is -0.137. The first kappa shape index (κ1) is 27.5. The maximum absolute atomic E-state index is 14.1. The van der Waals surface area contributed by atoms with Crippen LogP contribution in [0.1, 0.15) is 49.4 Å². The molecule has 2 N–H and O–H groups in total. The largest absolute Gasteiger partial charge is 0.459 e. The summed E-state index contributed by atoms with van der Waals surface area (Å²) in [6.45, 7) is 2.62. The fourth-order valence-electron chi connectivity index (χ4n) is 4.21. The van der Waals surface area contributed by atoms with Gasteiger partial charge in [-0.2, -0.15) is 17.6 Å². The Hall–Kier alpha value is -3.13. The number of ether oxygens (including phenoxy) is 1. The van der Waals surface area contributed by atoms with E-state index in [0.717, 1.165) is 23.3 Å². The van der Waals surface area contributed by atoms with E-state index in [4.69, 9.17) is 4.74 Å². The number of benzene rings is 2. The van der Waals surface area contributed by atoms with Crippen LogP contribution in [0.3, 0.4) is 0 Å². The van der Waals surface area contributed by atoms with E-state index in [1.165, 1.54) is 26.0 Å². The van der Waals surface area contributed by atoms with Crippen molar-refractivity contribution in [3.05, 3.63) is 89.5 Å². The third kappa shape index (κ3) is 7.95. The summed E-state index contributed by atoms with van der Waals surface area (Å²) in [6.07, 6.45) is 5.06. The van der Waals surface area contributed by atoms with E-state index in [1.807, 2.05) is 30.4 Å². The van der Waals surface area contributed by atoms with Gasteiger partial charge in [0.2, 0.25) is 11.8 Å². The van der Waals surface area contributed by atoms with Gasteiger partial charge in [0.1, 0.15) is 5.75 Å². The van der Waals surface area contributed by atoms with E-state index in [1.54, 1.807) is 25.2 Å². The lowest BCUT2D eigenvalue weighted by Gasteiger charge is -2.30. The number of hydrogen-bond acceptors (Lipinski definition) is 3. The monoisotopic (exact) mass is 504 g/mol. The van der Waals surface area contributed by atoms with Crippen LogP contribution in [-0.2, 0) is 17.4 Å². The second-order valence-electron chi connectivity index (χ2n) is 9.30. The summed E-state index contributed by atoms with van der Waals surface area (Å²) in [5, 5.41) is 6.18. The van der Waals surface area contributed by atoms with Crippen LogP contribution in [0.4, 0.5) is 17.6 Å². The smallest absolute Gasteiger partial charge is 0.416 e. The Morgan fingerprint density at radius 3 is 2.39 bits per heavy atom. The van der Waals surface area contributed by atoms with Crippen LogP contribution < -0.4 is 15.4 Å². The molecule has 194 valence electrons. The topological polar surface area (TPSA) is 50.4 Å². The van der Waals surface area contributed by atoms with E-state index in [9.17, 15) is 22.4 Å². The zero-order chi connectivity index (χ0) is 26.3. The molecule has 2 unspecified atom stereocenters. The Morgan fingerprint density at radius 1 is 1.08 bits per heavy atom. The zero-order valence-electron chi connectivity index (χ0n) is 20.6. The van der Waals surface area contributed by atoms with Gasteiger partial charge in [-0.1, -0.05) is 48.6 Å². The highest BCUT2D eigenvalue weighted by atomic mass is 19.4. The van der Waals surface area contributed by atoms with E-state index >= 15 is 0 Å². The summed E-state index contributed by atoms with van der Waals surface area (Å²) in [6, 6.07) is 11.2. The standard InChI is InChI=1S/C28H32F4N2O2/c1-27(2,29)36-23-11-7-10-21(18-23)24(17-14-19-12-15-22(16-13-19)28(30,31)32)34-25(26(35)33-3)20-8-5-4-6-9-20/h4-8,10-13,15-16,18,20,24-25,34H,9,14,17H2,1-3H3,(H,33,35)/t20?,24?,25-/m1/s1. The van der Waals surface area contributed by atoms with Gasteiger partial charge >= 0.3 is 6.18 Å². The van der Waals surface area contributed by atoms with Crippen LogP contribution >= 0.6 is 0 Å². The highest BCUT2D eigenvalue weighted by Crippen LogP contribution is 2.31. The summed E-state index contributed by atoms with van der Waals surface area (Å²) < 4.78 is 58.3. The van der Waals surface area contributed by atoms with Crippen LogP contribution in [0, 0.1) is 5.92 Å².